The van der Waals surface area contributed by atoms with Crippen molar-refractivity contribution in [2.24, 2.45) is 0 Å². The number of halogens is 1. The maximum Gasteiger partial charge on any atom is 0.190 e. The van der Waals surface area contributed by atoms with Gasteiger partial charge < -0.3 is 5.32 Å². The lowest BCUT2D eigenvalue weighted by Gasteiger charge is -2.31. The maximum absolute atomic E-state index is 5.87. The van der Waals surface area contributed by atoms with Gasteiger partial charge in [-0.1, -0.05) is 11.6 Å². The molecule has 1 aliphatic heterocycles. The Morgan fingerprint density at radius 2 is 1.81 bits per heavy atom. The zero-order valence-electron chi connectivity index (χ0n) is 9.49. The van der Waals surface area contributed by atoms with Gasteiger partial charge in [0.15, 0.2) is 5.11 Å². The number of nitrogens with zero attached hydrogens (tertiary/aromatic N) is 2. The monoisotopic (exact) mass is 255 g/mol. The molecule has 16 heavy (non-hydrogen) atoms. The second kappa shape index (κ2) is 3.87. The Kier molecular flexibility index (Phi) is 2.82. The second-order valence-corrected chi connectivity index (χ2v) is 5.12. The van der Waals surface area contributed by atoms with Gasteiger partial charge in [0.25, 0.3) is 0 Å². The molecule has 0 spiro atoms. The minimum atomic E-state index is -0.170. The summed E-state index contributed by atoms with van der Waals surface area (Å²) in [5.74, 6) is 0. The van der Waals surface area contributed by atoms with Crippen LogP contribution in [0.4, 0.5) is 5.69 Å². The molecule has 1 saturated heterocycles. The average molecular weight is 256 g/mol. The van der Waals surface area contributed by atoms with Crippen molar-refractivity contribution in [2.75, 3.05) is 12.1 Å². The third-order valence-corrected chi connectivity index (χ3v) is 3.31. The van der Waals surface area contributed by atoms with E-state index >= 15 is 0 Å². The lowest BCUT2D eigenvalue weighted by Crippen LogP contribution is -2.47. The third kappa shape index (κ3) is 1.88. The summed E-state index contributed by atoms with van der Waals surface area (Å²) < 4.78 is 0. The summed E-state index contributed by atoms with van der Waals surface area (Å²) in [5, 5.41) is 8.72. The summed E-state index contributed by atoms with van der Waals surface area (Å²) in [4.78, 5) is 0. The standard InChI is InChI=1S/C11H14ClN3S/c1-11(2)13-10(16)15(14(11)3)9-6-4-8(12)5-7-9/h4-7H,1-3H3,(H,13,16). The first-order chi connectivity index (χ1) is 7.42. The van der Waals surface area contributed by atoms with Crippen LogP contribution in [0.3, 0.4) is 0 Å². The Balaban J connectivity index is 2.35. The molecule has 0 radical (unpaired) electrons. The molecule has 0 aliphatic carbocycles. The quantitative estimate of drug-likeness (QED) is 0.778. The molecule has 1 aromatic carbocycles. The van der Waals surface area contributed by atoms with Gasteiger partial charge in [0.2, 0.25) is 0 Å². The SMILES string of the molecule is CN1N(c2ccc(Cl)cc2)C(=S)NC1(C)C. The molecule has 1 N–H and O–H groups in total. The number of anilines is 1. The predicted octanol–water partition coefficient (Wildman–Crippen LogP) is 2.62. The first kappa shape index (κ1) is 11.6. The largest absolute Gasteiger partial charge is 0.342 e. The van der Waals surface area contributed by atoms with Crippen molar-refractivity contribution in [2.45, 2.75) is 19.5 Å². The Morgan fingerprint density at radius 3 is 2.25 bits per heavy atom. The molecule has 86 valence electrons. The van der Waals surface area contributed by atoms with Crippen LogP contribution in [0, 0.1) is 0 Å². The molecule has 0 atom stereocenters. The van der Waals surface area contributed by atoms with E-state index in [1.807, 2.05) is 36.3 Å². The van der Waals surface area contributed by atoms with Crippen LogP contribution in [-0.4, -0.2) is 22.8 Å². The van der Waals surface area contributed by atoms with E-state index < -0.39 is 0 Å². The fourth-order valence-corrected chi connectivity index (χ4v) is 2.26. The van der Waals surface area contributed by atoms with Gasteiger partial charge in [-0.15, -0.1) is 0 Å². The molecule has 5 heteroatoms. The molecule has 0 unspecified atom stereocenters. The molecule has 0 saturated carbocycles. The highest BCUT2D eigenvalue weighted by molar-refractivity contribution is 7.80. The van der Waals surface area contributed by atoms with Crippen molar-refractivity contribution in [3.8, 4) is 0 Å². The first-order valence-corrected chi connectivity index (χ1v) is 5.82. The molecule has 0 amide bonds. The Bertz CT molecular complexity index is 416. The Labute approximate surface area is 106 Å². The van der Waals surface area contributed by atoms with Crippen LogP contribution in [0.1, 0.15) is 13.8 Å². The number of rotatable bonds is 1. The molecule has 1 aromatic rings. The van der Waals surface area contributed by atoms with E-state index in [4.69, 9.17) is 23.8 Å². The number of thiocarbonyl (C=S) groups is 1. The van der Waals surface area contributed by atoms with E-state index in [1.165, 1.54) is 0 Å². The van der Waals surface area contributed by atoms with Gasteiger partial charge >= 0.3 is 0 Å². The number of hydrazine groups is 1. The van der Waals surface area contributed by atoms with Gasteiger partial charge in [0, 0.05) is 12.1 Å². The fraction of sp³-hybridized carbons (Fsp3) is 0.364. The number of nitrogens with one attached hydrogen (secondary N) is 1. The topological polar surface area (TPSA) is 18.5 Å². The summed E-state index contributed by atoms with van der Waals surface area (Å²) in [6.45, 7) is 4.16. The summed E-state index contributed by atoms with van der Waals surface area (Å²) in [6.07, 6.45) is 0. The van der Waals surface area contributed by atoms with E-state index in [2.05, 4.69) is 24.2 Å². The summed E-state index contributed by atoms with van der Waals surface area (Å²) in [6, 6.07) is 7.62. The molecule has 1 aliphatic rings. The van der Waals surface area contributed by atoms with Gasteiger partial charge in [0.1, 0.15) is 5.66 Å². The van der Waals surface area contributed by atoms with Crippen LogP contribution in [-0.2, 0) is 0 Å². The predicted molar refractivity (Wildman–Crippen MR) is 71.5 cm³/mol. The average Bonchev–Trinajstić information content (AvgIpc) is 2.39. The highest BCUT2D eigenvalue weighted by atomic mass is 35.5. The molecular weight excluding hydrogens is 242 g/mol. The smallest absolute Gasteiger partial charge is 0.190 e. The molecule has 0 aromatic heterocycles. The summed E-state index contributed by atoms with van der Waals surface area (Å²) in [7, 11) is 2.00. The first-order valence-electron chi connectivity index (χ1n) is 5.03. The van der Waals surface area contributed by atoms with E-state index in [1.54, 1.807) is 0 Å². The molecule has 0 bridgehead atoms. The van der Waals surface area contributed by atoms with Crippen LogP contribution in [0.2, 0.25) is 5.02 Å². The van der Waals surface area contributed by atoms with Crippen molar-refractivity contribution < 1.29 is 0 Å². The highest BCUT2D eigenvalue weighted by Crippen LogP contribution is 2.27. The normalized spacial score (nSPS) is 20.0. The van der Waals surface area contributed by atoms with Crippen LogP contribution in [0.5, 0.6) is 0 Å². The van der Waals surface area contributed by atoms with Crippen molar-refractivity contribution in [3.63, 3.8) is 0 Å². The highest BCUT2D eigenvalue weighted by Gasteiger charge is 2.38. The van der Waals surface area contributed by atoms with E-state index in [0.29, 0.717) is 5.11 Å². The van der Waals surface area contributed by atoms with Crippen LogP contribution in [0.15, 0.2) is 24.3 Å². The number of hydrogen-bond acceptors (Lipinski definition) is 2. The van der Waals surface area contributed by atoms with Crippen molar-refractivity contribution >= 4 is 34.6 Å². The third-order valence-electron chi connectivity index (χ3n) is 2.79. The Hall–Kier alpha value is -0.840. The second-order valence-electron chi connectivity index (χ2n) is 4.30. The molecular formula is C11H14ClN3S. The van der Waals surface area contributed by atoms with E-state index in [0.717, 1.165) is 10.7 Å². The lowest BCUT2D eigenvalue weighted by molar-refractivity contribution is 0.182. The van der Waals surface area contributed by atoms with Crippen molar-refractivity contribution in [3.05, 3.63) is 29.3 Å². The zero-order valence-corrected chi connectivity index (χ0v) is 11.1. The van der Waals surface area contributed by atoms with Crippen LogP contribution < -0.4 is 10.3 Å². The van der Waals surface area contributed by atoms with E-state index in [-0.39, 0.29) is 5.66 Å². The van der Waals surface area contributed by atoms with Gasteiger partial charge in [-0.3, -0.25) is 0 Å². The Morgan fingerprint density at radius 1 is 1.25 bits per heavy atom. The lowest BCUT2D eigenvalue weighted by atomic mass is 10.2. The summed E-state index contributed by atoms with van der Waals surface area (Å²) in [5.41, 5.74) is 0.839. The molecule has 1 heterocycles. The number of hydrogen-bond donors (Lipinski definition) is 1. The zero-order chi connectivity index (χ0) is 11.9. The molecule has 2 rings (SSSR count). The summed E-state index contributed by atoms with van der Waals surface area (Å²) >= 11 is 11.2. The van der Waals surface area contributed by atoms with E-state index in [9.17, 15) is 0 Å². The van der Waals surface area contributed by atoms with Gasteiger partial charge in [0.05, 0.1) is 5.69 Å². The van der Waals surface area contributed by atoms with Crippen LogP contribution in [0.25, 0.3) is 0 Å². The minimum Gasteiger partial charge on any atom is -0.342 e. The van der Waals surface area contributed by atoms with Crippen molar-refractivity contribution in [1.82, 2.24) is 10.3 Å². The van der Waals surface area contributed by atoms with Crippen LogP contribution >= 0.6 is 23.8 Å². The maximum atomic E-state index is 5.87. The number of benzene rings is 1. The van der Waals surface area contributed by atoms with Crippen molar-refractivity contribution in [1.29, 1.82) is 0 Å². The fourth-order valence-electron chi connectivity index (χ4n) is 1.65. The molecule has 1 fully saturated rings. The van der Waals surface area contributed by atoms with Gasteiger partial charge in [-0.05, 0) is 50.3 Å². The van der Waals surface area contributed by atoms with Gasteiger partial charge in [-0.25, -0.2) is 5.01 Å². The minimum absolute atomic E-state index is 0.170. The molecule has 3 nitrogen and oxygen atoms in total. The van der Waals surface area contributed by atoms with Gasteiger partial charge in [-0.2, -0.15) is 5.01 Å².